The van der Waals surface area contributed by atoms with Crippen LogP contribution in [0.4, 0.5) is 13.2 Å². The van der Waals surface area contributed by atoms with Gasteiger partial charge in [-0.25, -0.2) is 4.98 Å². The van der Waals surface area contributed by atoms with Crippen LogP contribution in [-0.2, 0) is 11.0 Å². The second kappa shape index (κ2) is 8.59. The first-order valence-electron chi connectivity index (χ1n) is 9.67. The lowest BCUT2D eigenvalue weighted by molar-refractivity contribution is -0.139. The topological polar surface area (TPSA) is 76.1 Å². The summed E-state index contributed by atoms with van der Waals surface area (Å²) in [5, 5.41) is 6.28. The zero-order valence-corrected chi connectivity index (χ0v) is 17.1. The highest BCUT2D eigenvalue weighted by Gasteiger charge is 2.38. The van der Waals surface area contributed by atoms with Gasteiger partial charge in [0.1, 0.15) is 12.2 Å². The third-order valence-electron chi connectivity index (χ3n) is 5.15. The Kier molecular flexibility index (Phi) is 6.30. The maximum absolute atomic E-state index is 13.1. The molecule has 3 rings (SSSR count). The van der Waals surface area contributed by atoms with Gasteiger partial charge >= 0.3 is 6.18 Å². The maximum atomic E-state index is 13.1. The van der Waals surface area contributed by atoms with E-state index in [2.05, 4.69) is 20.6 Å². The number of hydrogen-bond acceptors (Lipinski definition) is 5. The first-order valence-corrected chi connectivity index (χ1v) is 9.67. The highest BCUT2D eigenvalue weighted by atomic mass is 19.4. The smallest absolute Gasteiger partial charge is 0.421 e. The number of pyridine rings is 2. The van der Waals surface area contributed by atoms with Gasteiger partial charge in [0.05, 0.1) is 5.41 Å². The van der Waals surface area contributed by atoms with Gasteiger partial charge in [0.15, 0.2) is 0 Å². The molecule has 0 saturated carbocycles. The van der Waals surface area contributed by atoms with E-state index in [1.165, 1.54) is 12.3 Å². The molecule has 1 aliphatic heterocycles. The summed E-state index contributed by atoms with van der Waals surface area (Å²) in [6.07, 6.45) is -1.55. The Morgan fingerprint density at radius 2 is 2.00 bits per heavy atom. The predicted molar refractivity (Wildman–Crippen MR) is 105 cm³/mol. The Morgan fingerprint density at radius 3 is 2.67 bits per heavy atom. The summed E-state index contributed by atoms with van der Waals surface area (Å²) in [5.41, 5.74) is -0.0864. The molecule has 162 valence electrons. The molecule has 0 aliphatic carbocycles. The second-order valence-corrected chi connectivity index (χ2v) is 8.10. The summed E-state index contributed by atoms with van der Waals surface area (Å²) in [4.78, 5) is 20.9. The minimum absolute atomic E-state index is 0.0615. The van der Waals surface area contributed by atoms with Crippen LogP contribution in [0.25, 0.3) is 0 Å². The van der Waals surface area contributed by atoms with Crippen molar-refractivity contribution in [2.45, 2.75) is 38.9 Å². The standard InChI is InChI=1S/C21H25F3N4O2/c1-13-6-7-14(9-27-13)15-10-25-11-17(15)28-19(29)20(2,3)12-30-18-16(21(22,23)24)5-4-8-26-18/h4-9,15,17,25H,10-12H2,1-3H3,(H,28,29). The zero-order chi connectivity index (χ0) is 21.9. The van der Waals surface area contributed by atoms with Crippen LogP contribution >= 0.6 is 0 Å². The number of carbonyl (C=O) groups excluding carboxylic acids is 1. The first kappa shape index (κ1) is 22.0. The number of rotatable bonds is 6. The van der Waals surface area contributed by atoms with Gasteiger partial charge in [0.25, 0.3) is 0 Å². The van der Waals surface area contributed by atoms with E-state index in [9.17, 15) is 18.0 Å². The van der Waals surface area contributed by atoms with Gasteiger partial charge in [0, 0.05) is 43.1 Å². The molecule has 0 spiro atoms. The predicted octanol–water partition coefficient (Wildman–Crippen LogP) is 3.08. The molecule has 0 aromatic carbocycles. The van der Waals surface area contributed by atoms with Crippen molar-refractivity contribution >= 4 is 5.91 Å². The number of alkyl halides is 3. The lowest BCUT2D eigenvalue weighted by Gasteiger charge is -2.28. The molecule has 1 amide bonds. The monoisotopic (exact) mass is 422 g/mol. The van der Waals surface area contributed by atoms with Crippen molar-refractivity contribution in [3.63, 3.8) is 0 Å². The molecule has 2 unspecified atom stereocenters. The van der Waals surface area contributed by atoms with E-state index < -0.39 is 23.0 Å². The van der Waals surface area contributed by atoms with Crippen molar-refractivity contribution in [2.24, 2.45) is 5.41 Å². The minimum Gasteiger partial charge on any atom is -0.476 e. The number of ether oxygens (including phenoxy) is 1. The lowest BCUT2D eigenvalue weighted by atomic mass is 9.90. The van der Waals surface area contributed by atoms with Crippen LogP contribution in [0, 0.1) is 12.3 Å². The number of nitrogens with one attached hydrogen (secondary N) is 2. The minimum atomic E-state index is -4.58. The Labute approximate surface area is 173 Å². The summed E-state index contributed by atoms with van der Waals surface area (Å²) in [6, 6.07) is 5.87. The van der Waals surface area contributed by atoms with Crippen LogP contribution in [-0.4, -0.2) is 41.6 Å². The number of halogens is 3. The highest BCUT2D eigenvalue weighted by molar-refractivity contribution is 5.82. The average Bonchev–Trinajstić information content (AvgIpc) is 3.14. The second-order valence-electron chi connectivity index (χ2n) is 8.10. The van der Waals surface area contributed by atoms with Crippen LogP contribution in [0.5, 0.6) is 5.88 Å². The fourth-order valence-corrected chi connectivity index (χ4v) is 3.28. The normalized spacial score (nSPS) is 19.5. The van der Waals surface area contributed by atoms with E-state index in [4.69, 9.17) is 4.74 Å². The molecule has 0 radical (unpaired) electrons. The molecule has 2 aromatic rings. The molecule has 6 nitrogen and oxygen atoms in total. The third kappa shape index (κ3) is 5.08. The van der Waals surface area contributed by atoms with Gasteiger partial charge in [-0.15, -0.1) is 0 Å². The molecular formula is C21H25F3N4O2. The number of aromatic nitrogens is 2. The van der Waals surface area contributed by atoms with Crippen LogP contribution in [0.3, 0.4) is 0 Å². The lowest BCUT2D eigenvalue weighted by Crippen LogP contribution is -2.48. The van der Waals surface area contributed by atoms with Crippen LogP contribution in [0.15, 0.2) is 36.7 Å². The molecule has 3 heterocycles. The number of carbonyl (C=O) groups is 1. The average molecular weight is 422 g/mol. The van der Waals surface area contributed by atoms with Crippen molar-refractivity contribution in [1.82, 2.24) is 20.6 Å². The van der Waals surface area contributed by atoms with Gasteiger partial charge in [-0.1, -0.05) is 6.07 Å². The summed E-state index contributed by atoms with van der Waals surface area (Å²) in [6.45, 7) is 6.22. The van der Waals surface area contributed by atoms with Crippen molar-refractivity contribution < 1.29 is 22.7 Å². The van der Waals surface area contributed by atoms with E-state index in [1.54, 1.807) is 20.0 Å². The molecule has 1 aliphatic rings. The first-order chi connectivity index (χ1) is 14.1. The van der Waals surface area contributed by atoms with Crippen LogP contribution in [0.2, 0.25) is 0 Å². The quantitative estimate of drug-likeness (QED) is 0.748. The summed E-state index contributed by atoms with van der Waals surface area (Å²) >= 11 is 0. The van der Waals surface area contributed by atoms with Crippen LogP contribution in [0.1, 0.15) is 36.6 Å². The fourth-order valence-electron chi connectivity index (χ4n) is 3.28. The third-order valence-corrected chi connectivity index (χ3v) is 5.15. The van der Waals surface area contributed by atoms with Crippen molar-refractivity contribution in [3.05, 3.63) is 53.5 Å². The SMILES string of the molecule is Cc1ccc(C2CNCC2NC(=O)C(C)(C)COc2ncccc2C(F)(F)F)cn1. The van der Waals surface area contributed by atoms with E-state index in [1.807, 2.05) is 19.1 Å². The van der Waals surface area contributed by atoms with Gasteiger partial charge in [0.2, 0.25) is 11.8 Å². The number of amides is 1. The van der Waals surface area contributed by atoms with Gasteiger partial charge in [-0.3, -0.25) is 9.78 Å². The molecule has 0 bridgehead atoms. The maximum Gasteiger partial charge on any atom is 0.421 e. The summed E-state index contributed by atoms with van der Waals surface area (Å²) in [7, 11) is 0. The van der Waals surface area contributed by atoms with E-state index in [0.29, 0.717) is 13.1 Å². The van der Waals surface area contributed by atoms with Gasteiger partial charge in [-0.2, -0.15) is 13.2 Å². The van der Waals surface area contributed by atoms with Crippen molar-refractivity contribution in [2.75, 3.05) is 19.7 Å². The molecule has 1 fully saturated rings. The van der Waals surface area contributed by atoms with Crippen molar-refractivity contribution in [3.8, 4) is 5.88 Å². The molecule has 2 atom stereocenters. The highest BCUT2D eigenvalue weighted by Crippen LogP contribution is 2.35. The molecule has 1 saturated heterocycles. The van der Waals surface area contributed by atoms with E-state index in [0.717, 1.165) is 17.3 Å². The largest absolute Gasteiger partial charge is 0.476 e. The van der Waals surface area contributed by atoms with Crippen LogP contribution < -0.4 is 15.4 Å². The molecule has 2 N–H and O–H groups in total. The molecule has 30 heavy (non-hydrogen) atoms. The van der Waals surface area contributed by atoms with Crippen molar-refractivity contribution in [1.29, 1.82) is 0 Å². The fraction of sp³-hybridized carbons (Fsp3) is 0.476. The van der Waals surface area contributed by atoms with E-state index in [-0.39, 0.29) is 24.5 Å². The molecule has 9 heteroatoms. The number of hydrogen-bond donors (Lipinski definition) is 2. The van der Waals surface area contributed by atoms with Gasteiger partial charge < -0.3 is 15.4 Å². The Hall–Kier alpha value is -2.68. The summed E-state index contributed by atoms with van der Waals surface area (Å²) < 4.78 is 44.7. The Morgan fingerprint density at radius 1 is 1.23 bits per heavy atom. The molecule has 2 aromatic heterocycles. The molecular weight excluding hydrogens is 397 g/mol. The Bertz CT molecular complexity index is 885. The number of nitrogens with zero attached hydrogens (tertiary/aromatic N) is 2. The zero-order valence-electron chi connectivity index (χ0n) is 17.1. The Balaban J connectivity index is 1.65. The number of aryl methyl sites for hydroxylation is 1. The summed E-state index contributed by atoms with van der Waals surface area (Å²) in [5.74, 6) is -0.769. The van der Waals surface area contributed by atoms with Gasteiger partial charge in [-0.05, 0) is 44.5 Å². The van der Waals surface area contributed by atoms with E-state index >= 15 is 0 Å².